The van der Waals surface area contributed by atoms with E-state index < -0.39 is 11.9 Å². The van der Waals surface area contributed by atoms with Crippen molar-refractivity contribution in [1.29, 1.82) is 0 Å². The molecule has 1 fully saturated rings. The van der Waals surface area contributed by atoms with E-state index in [9.17, 15) is 4.79 Å². The van der Waals surface area contributed by atoms with Crippen molar-refractivity contribution >= 4 is 5.97 Å². The number of carbonyl (C=O) groups is 1. The summed E-state index contributed by atoms with van der Waals surface area (Å²) in [5, 5.41) is 0. The number of allylic oxidation sites excluding steroid dienone is 1. The minimum absolute atomic E-state index is 0.0103. The summed E-state index contributed by atoms with van der Waals surface area (Å²) in [5.41, 5.74) is 1.06. The number of rotatable bonds is 6. The van der Waals surface area contributed by atoms with Crippen molar-refractivity contribution in [3.63, 3.8) is 0 Å². The third-order valence-corrected chi connectivity index (χ3v) is 5.41. The van der Waals surface area contributed by atoms with Gasteiger partial charge in [0.2, 0.25) is 0 Å². The van der Waals surface area contributed by atoms with E-state index in [1.54, 1.807) is 6.08 Å². The highest BCUT2D eigenvalue weighted by Gasteiger charge is 2.55. The molecule has 0 radical (unpaired) electrons. The lowest BCUT2D eigenvalue weighted by Crippen LogP contribution is -2.62. The van der Waals surface area contributed by atoms with Gasteiger partial charge in [-0.25, -0.2) is 0 Å². The summed E-state index contributed by atoms with van der Waals surface area (Å²) in [6, 6.07) is 0. The van der Waals surface area contributed by atoms with Crippen LogP contribution in [0.5, 0.6) is 0 Å². The Morgan fingerprint density at radius 1 is 1.25 bits per heavy atom. The molecular formula is C20H34O4. The van der Waals surface area contributed by atoms with Gasteiger partial charge in [0.05, 0.1) is 6.10 Å². The number of hydrogen-bond donors (Lipinski definition) is 0. The normalized spacial score (nSPS) is 30.1. The highest BCUT2D eigenvalue weighted by atomic mass is 16.7. The lowest BCUT2D eigenvalue weighted by molar-refractivity contribution is -0.306. The lowest BCUT2D eigenvalue weighted by atomic mass is 9.69. The molecular weight excluding hydrogens is 304 g/mol. The molecule has 0 spiro atoms. The zero-order valence-electron chi connectivity index (χ0n) is 16.6. The molecule has 0 aromatic carbocycles. The largest absolute Gasteiger partial charge is 0.452 e. The van der Waals surface area contributed by atoms with Crippen molar-refractivity contribution in [3.8, 4) is 0 Å². The standard InChI is InChI=1S/C20H34O4/c1-10-13(4)14(5)20(9,24-15(6)21)18-19(7,8)16(11-2)22-17(12-3)23-18/h12,16-18H,3,10-11H2,1-2,4-9H3/b14-13+/t16?,17?,18-,20-/m1/s1. The van der Waals surface area contributed by atoms with Gasteiger partial charge in [-0.15, -0.1) is 0 Å². The van der Waals surface area contributed by atoms with Crippen LogP contribution in [0.4, 0.5) is 0 Å². The minimum atomic E-state index is -0.853. The Hall–Kier alpha value is -1.13. The van der Waals surface area contributed by atoms with Crippen LogP contribution in [-0.4, -0.2) is 30.1 Å². The van der Waals surface area contributed by atoms with E-state index in [0.29, 0.717) is 0 Å². The molecule has 2 unspecified atom stereocenters. The molecule has 0 bridgehead atoms. The van der Waals surface area contributed by atoms with Gasteiger partial charge < -0.3 is 14.2 Å². The molecule has 4 nitrogen and oxygen atoms in total. The topological polar surface area (TPSA) is 44.8 Å². The molecule has 1 heterocycles. The number of carbonyl (C=O) groups excluding carboxylic acids is 1. The van der Waals surface area contributed by atoms with Crippen LogP contribution in [0.15, 0.2) is 23.8 Å². The highest BCUT2D eigenvalue weighted by molar-refractivity contribution is 5.67. The van der Waals surface area contributed by atoms with E-state index in [0.717, 1.165) is 18.4 Å². The van der Waals surface area contributed by atoms with Crippen LogP contribution in [-0.2, 0) is 19.0 Å². The third-order valence-electron chi connectivity index (χ3n) is 5.41. The smallest absolute Gasteiger partial charge is 0.303 e. The second kappa shape index (κ2) is 7.83. The van der Waals surface area contributed by atoms with Crippen molar-refractivity contribution in [2.75, 3.05) is 0 Å². The third kappa shape index (κ3) is 3.92. The Morgan fingerprint density at radius 3 is 2.25 bits per heavy atom. The van der Waals surface area contributed by atoms with Gasteiger partial charge in [0.15, 0.2) is 11.9 Å². The first-order valence-corrected chi connectivity index (χ1v) is 8.84. The number of ether oxygens (including phenoxy) is 3. The fourth-order valence-electron chi connectivity index (χ4n) is 3.73. The molecule has 0 N–H and O–H groups in total. The van der Waals surface area contributed by atoms with E-state index in [2.05, 4.69) is 41.2 Å². The SMILES string of the molecule is C=CC1OC(CC)C(C)(C)[C@H]([C@](C)(OC(C)=O)/C(C)=C(\C)CC)O1. The van der Waals surface area contributed by atoms with Gasteiger partial charge in [-0.05, 0) is 45.3 Å². The number of hydrogen-bond acceptors (Lipinski definition) is 4. The van der Waals surface area contributed by atoms with E-state index >= 15 is 0 Å². The maximum Gasteiger partial charge on any atom is 0.303 e. The molecule has 4 atom stereocenters. The first-order valence-electron chi connectivity index (χ1n) is 8.84. The molecule has 4 heteroatoms. The van der Waals surface area contributed by atoms with Crippen LogP contribution in [0.1, 0.15) is 68.2 Å². The summed E-state index contributed by atoms with van der Waals surface area (Å²) in [6.07, 6.45) is 2.56. The monoisotopic (exact) mass is 338 g/mol. The van der Waals surface area contributed by atoms with E-state index in [1.165, 1.54) is 12.5 Å². The Kier molecular flexibility index (Phi) is 6.83. The predicted octanol–water partition coefficient (Wildman–Crippen LogP) is 4.79. The number of esters is 1. The first kappa shape index (κ1) is 20.9. The maximum atomic E-state index is 11.9. The summed E-state index contributed by atoms with van der Waals surface area (Å²) >= 11 is 0. The van der Waals surface area contributed by atoms with Crippen molar-refractivity contribution in [2.45, 2.75) is 92.3 Å². The van der Waals surface area contributed by atoms with Gasteiger partial charge in [-0.1, -0.05) is 39.8 Å². The molecule has 0 aromatic rings. The molecule has 0 amide bonds. The van der Waals surface area contributed by atoms with Crippen molar-refractivity contribution in [3.05, 3.63) is 23.8 Å². The summed E-state index contributed by atoms with van der Waals surface area (Å²) in [5.74, 6) is -0.310. The summed E-state index contributed by atoms with van der Waals surface area (Å²) in [7, 11) is 0. The van der Waals surface area contributed by atoms with E-state index in [-0.39, 0.29) is 23.6 Å². The molecule has 138 valence electrons. The van der Waals surface area contributed by atoms with Gasteiger partial charge in [-0.3, -0.25) is 4.79 Å². The van der Waals surface area contributed by atoms with Crippen LogP contribution in [0.3, 0.4) is 0 Å². The predicted molar refractivity (Wildman–Crippen MR) is 96.6 cm³/mol. The van der Waals surface area contributed by atoms with Gasteiger partial charge in [0.25, 0.3) is 0 Å². The van der Waals surface area contributed by atoms with Crippen molar-refractivity contribution in [1.82, 2.24) is 0 Å². The first-order chi connectivity index (χ1) is 11.0. The molecule has 0 saturated carbocycles. The quantitative estimate of drug-likeness (QED) is 0.516. The van der Waals surface area contributed by atoms with Gasteiger partial charge in [0, 0.05) is 12.3 Å². The second-order valence-electron chi connectivity index (χ2n) is 7.43. The fraction of sp³-hybridized carbons (Fsp3) is 0.750. The minimum Gasteiger partial charge on any atom is -0.452 e. The lowest BCUT2D eigenvalue weighted by Gasteiger charge is -2.53. The molecule has 1 saturated heterocycles. The summed E-state index contributed by atoms with van der Waals surface area (Å²) in [6.45, 7) is 19.7. The molecule has 0 aliphatic carbocycles. The van der Waals surface area contributed by atoms with Gasteiger partial charge in [-0.2, -0.15) is 0 Å². The van der Waals surface area contributed by atoms with Gasteiger partial charge >= 0.3 is 5.97 Å². The molecule has 1 aliphatic heterocycles. The average molecular weight is 338 g/mol. The second-order valence-corrected chi connectivity index (χ2v) is 7.43. The molecule has 1 aliphatic rings. The van der Waals surface area contributed by atoms with Crippen molar-refractivity contribution in [2.24, 2.45) is 5.41 Å². The highest BCUT2D eigenvalue weighted by Crippen LogP contribution is 2.46. The Bertz CT molecular complexity index is 506. The summed E-state index contributed by atoms with van der Waals surface area (Å²) < 4.78 is 18.1. The average Bonchev–Trinajstić information content (AvgIpc) is 2.51. The fourth-order valence-corrected chi connectivity index (χ4v) is 3.73. The van der Waals surface area contributed by atoms with Crippen LogP contribution >= 0.6 is 0 Å². The zero-order valence-corrected chi connectivity index (χ0v) is 16.6. The molecule has 24 heavy (non-hydrogen) atoms. The van der Waals surface area contributed by atoms with Crippen LogP contribution < -0.4 is 0 Å². The zero-order chi connectivity index (χ0) is 18.7. The van der Waals surface area contributed by atoms with E-state index in [1.807, 2.05) is 13.8 Å². The van der Waals surface area contributed by atoms with Gasteiger partial charge in [0.1, 0.15) is 6.10 Å². The Balaban J connectivity index is 3.48. The Labute approximate surface area is 147 Å². The maximum absolute atomic E-state index is 11.9. The molecule has 0 aromatic heterocycles. The van der Waals surface area contributed by atoms with Crippen LogP contribution in [0, 0.1) is 5.41 Å². The van der Waals surface area contributed by atoms with Crippen LogP contribution in [0.2, 0.25) is 0 Å². The van der Waals surface area contributed by atoms with Crippen molar-refractivity contribution < 1.29 is 19.0 Å². The van der Waals surface area contributed by atoms with E-state index in [4.69, 9.17) is 14.2 Å². The summed E-state index contributed by atoms with van der Waals surface area (Å²) in [4.78, 5) is 11.9. The Morgan fingerprint density at radius 2 is 1.83 bits per heavy atom. The molecule has 1 rings (SSSR count). The van der Waals surface area contributed by atoms with Crippen LogP contribution in [0.25, 0.3) is 0 Å².